The SMILES string of the molecule is CC(C)(CN)CNCCc1coc2ccccc12. The minimum Gasteiger partial charge on any atom is -0.464 e. The molecular weight excluding hydrogens is 224 g/mol. The van der Waals surface area contributed by atoms with Crippen molar-refractivity contribution in [2.75, 3.05) is 19.6 Å². The number of hydrogen-bond acceptors (Lipinski definition) is 3. The molecule has 0 aliphatic heterocycles. The third-order valence-electron chi connectivity index (χ3n) is 3.29. The van der Waals surface area contributed by atoms with Gasteiger partial charge in [0.2, 0.25) is 0 Å². The van der Waals surface area contributed by atoms with Crippen molar-refractivity contribution in [3.8, 4) is 0 Å². The van der Waals surface area contributed by atoms with Crippen molar-refractivity contribution in [2.45, 2.75) is 20.3 Å². The molecule has 3 heteroatoms. The number of benzene rings is 1. The van der Waals surface area contributed by atoms with Crippen molar-refractivity contribution in [1.82, 2.24) is 5.32 Å². The van der Waals surface area contributed by atoms with E-state index in [0.29, 0.717) is 6.54 Å². The summed E-state index contributed by atoms with van der Waals surface area (Å²) in [5, 5.41) is 4.68. The fourth-order valence-electron chi connectivity index (χ4n) is 1.95. The minimum absolute atomic E-state index is 0.165. The molecule has 2 rings (SSSR count). The lowest BCUT2D eigenvalue weighted by Crippen LogP contribution is -2.36. The molecule has 18 heavy (non-hydrogen) atoms. The Kier molecular flexibility index (Phi) is 4.04. The van der Waals surface area contributed by atoms with Gasteiger partial charge in [0, 0.05) is 11.9 Å². The van der Waals surface area contributed by atoms with Crippen LogP contribution in [0.5, 0.6) is 0 Å². The zero-order valence-electron chi connectivity index (χ0n) is 11.2. The second kappa shape index (κ2) is 5.55. The van der Waals surface area contributed by atoms with E-state index in [-0.39, 0.29) is 5.41 Å². The van der Waals surface area contributed by atoms with Crippen LogP contribution in [0.15, 0.2) is 34.9 Å². The van der Waals surface area contributed by atoms with Crippen LogP contribution >= 0.6 is 0 Å². The van der Waals surface area contributed by atoms with Crippen LogP contribution < -0.4 is 11.1 Å². The first-order valence-electron chi connectivity index (χ1n) is 6.48. The van der Waals surface area contributed by atoms with Crippen LogP contribution in [0.25, 0.3) is 11.0 Å². The highest BCUT2D eigenvalue weighted by Gasteiger charge is 2.14. The molecule has 0 unspecified atom stereocenters. The van der Waals surface area contributed by atoms with Crippen LogP contribution in [0, 0.1) is 5.41 Å². The standard InChI is InChI=1S/C15H22N2O/c1-15(2,10-16)11-17-8-7-12-9-18-14-6-4-3-5-13(12)14/h3-6,9,17H,7-8,10-11,16H2,1-2H3. The zero-order chi connectivity index (χ0) is 13.0. The van der Waals surface area contributed by atoms with Crippen molar-refractivity contribution in [3.05, 3.63) is 36.1 Å². The van der Waals surface area contributed by atoms with Crippen LogP contribution in [0.1, 0.15) is 19.4 Å². The van der Waals surface area contributed by atoms with Crippen LogP contribution in [0.2, 0.25) is 0 Å². The van der Waals surface area contributed by atoms with Gasteiger partial charge in [0.05, 0.1) is 6.26 Å². The van der Waals surface area contributed by atoms with Crippen LogP contribution in [0.4, 0.5) is 0 Å². The van der Waals surface area contributed by atoms with Gasteiger partial charge in [-0.1, -0.05) is 32.0 Å². The number of rotatable bonds is 6. The Morgan fingerprint density at radius 3 is 2.83 bits per heavy atom. The zero-order valence-corrected chi connectivity index (χ0v) is 11.2. The van der Waals surface area contributed by atoms with Gasteiger partial charge in [0.25, 0.3) is 0 Å². The average Bonchev–Trinajstić information content (AvgIpc) is 2.78. The third kappa shape index (κ3) is 3.12. The summed E-state index contributed by atoms with van der Waals surface area (Å²) in [5.41, 5.74) is 8.10. The van der Waals surface area contributed by atoms with Gasteiger partial charge in [0.15, 0.2) is 0 Å². The molecular formula is C15H22N2O. The number of furan rings is 1. The molecule has 0 aliphatic rings. The summed E-state index contributed by atoms with van der Waals surface area (Å²) in [5.74, 6) is 0. The summed E-state index contributed by atoms with van der Waals surface area (Å²) in [6, 6.07) is 8.16. The molecule has 0 radical (unpaired) electrons. The summed E-state index contributed by atoms with van der Waals surface area (Å²) in [4.78, 5) is 0. The fraction of sp³-hybridized carbons (Fsp3) is 0.467. The molecule has 1 heterocycles. The summed E-state index contributed by atoms with van der Waals surface area (Å²) in [6.07, 6.45) is 2.85. The lowest BCUT2D eigenvalue weighted by atomic mass is 9.94. The maximum Gasteiger partial charge on any atom is 0.134 e. The molecule has 1 aromatic carbocycles. The minimum atomic E-state index is 0.165. The van der Waals surface area contributed by atoms with Crippen LogP contribution in [-0.2, 0) is 6.42 Å². The molecule has 3 N–H and O–H groups in total. The van der Waals surface area contributed by atoms with Crippen molar-refractivity contribution < 1.29 is 4.42 Å². The Hall–Kier alpha value is -1.32. The van der Waals surface area contributed by atoms with Crippen molar-refractivity contribution in [1.29, 1.82) is 0 Å². The molecule has 0 aliphatic carbocycles. The number of fused-ring (bicyclic) bond motifs is 1. The smallest absolute Gasteiger partial charge is 0.134 e. The number of hydrogen-bond donors (Lipinski definition) is 2. The topological polar surface area (TPSA) is 51.2 Å². The van der Waals surface area contributed by atoms with E-state index in [9.17, 15) is 0 Å². The molecule has 0 amide bonds. The number of nitrogens with two attached hydrogens (primary N) is 1. The van der Waals surface area contributed by atoms with Gasteiger partial charge >= 0.3 is 0 Å². The highest BCUT2D eigenvalue weighted by molar-refractivity contribution is 5.80. The molecule has 0 saturated heterocycles. The first-order chi connectivity index (χ1) is 8.62. The Bertz CT molecular complexity index is 502. The maximum absolute atomic E-state index is 5.70. The molecule has 98 valence electrons. The van der Waals surface area contributed by atoms with E-state index in [1.165, 1.54) is 10.9 Å². The monoisotopic (exact) mass is 246 g/mol. The average molecular weight is 246 g/mol. The van der Waals surface area contributed by atoms with Gasteiger partial charge in [-0.25, -0.2) is 0 Å². The Labute approximate surface area is 108 Å². The molecule has 3 nitrogen and oxygen atoms in total. The van der Waals surface area contributed by atoms with E-state index in [2.05, 4.69) is 25.2 Å². The molecule has 2 aromatic rings. The molecule has 0 atom stereocenters. The van der Waals surface area contributed by atoms with E-state index in [4.69, 9.17) is 10.2 Å². The molecule has 0 fully saturated rings. The Balaban J connectivity index is 1.87. The van der Waals surface area contributed by atoms with E-state index < -0.39 is 0 Å². The van der Waals surface area contributed by atoms with Gasteiger partial charge in [-0.05, 0) is 36.6 Å². The fourth-order valence-corrected chi connectivity index (χ4v) is 1.95. The molecule has 0 spiro atoms. The summed E-state index contributed by atoms with van der Waals surface area (Å²) >= 11 is 0. The maximum atomic E-state index is 5.70. The normalized spacial score (nSPS) is 12.2. The lowest BCUT2D eigenvalue weighted by molar-refractivity contribution is 0.353. The molecule has 0 saturated carbocycles. The van der Waals surface area contributed by atoms with Crippen molar-refractivity contribution in [3.63, 3.8) is 0 Å². The van der Waals surface area contributed by atoms with E-state index >= 15 is 0 Å². The first kappa shape index (κ1) is 13.1. The van der Waals surface area contributed by atoms with Crippen LogP contribution in [-0.4, -0.2) is 19.6 Å². The number of para-hydroxylation sites is 1. The molecule has 1 aromatic heterocycles. The summed E-state index contributed by atoms with van der Waals surface area (Å²) < 4.78 is 5.52. The summed E-state index contributed by atoms with van der Waals surface area (Å²) in [6.45, 7) is 6.95. The van der Waals surface area contributed by atoms with Gasteiger partial charge in [-0.3, -0.25) is 0 Å². The highest BCUT2D eigenvalue weighted by atomic mass is 16.3. The van der Waals surface area contributed by atoms with Gasteiger partial charge in [0.1, 0.15) is 5.58 Å². The lowest BCUT2D eigenvalue weighted by Gasteiger charge is -2.22. The van der Waals surface area contributed by atoms with Gasteiger partial charge < -0.3 is 15.5 Å². The van der Waals surface area contributed by atoms with E-state index in [1.54, 1.807) is 0 Å². The Morgan fingerprint density at radius 1 is 1.28 bits per heavy atom. The second-order valence-electron chi connectivity index (χ2n) is 5.55. The number of nitrogens with one attached hydrogen (secondary N) is 1. The van der Waals surface area contributed by atoms with Gasteiger partial charge in [-0.2, -0.15) is 0 Å². The summed E-state index contributed by atoms with van der Waals surface area (Å²) in [7, 11) is 0. The van der Waals surface area contributed by atoms with Crippen molar-refractivity contribution in [2.24, 2.45) is 11.1 Å². The third-order valence-corrected chi connectivity index (χ3v) is 3.29. The van der Waals surface area contributed by atoms with E-state index in [0.717, 1.165) is 25.1 Å². The second-order valence-corrected chi connectivity index (χ2v) is 5.55. The predicted molar refractivity (Wildman–Crippen MR) is 75.6 cm³/mol. The van der Waals surface area contributed by atoms with Crippen LogP contribution in [0.3, 0.4) is 0 Å². The van der Waals surface area contributed by atoms with E-state index in [1.807, 2.05) is 24.5 Å². The van der Waals surface area contributed by atoms with Crippen molar-refractivity contribution >= 4 is 11.0 Å². The Morgan fingerprint density at radius 2 is 2.06 bits per heavy atom. The predicted octanol–water partition coefficient (Wildman–Crippen LogP) is 2.55. The largest absolute Gasteiger partial charge is 0.464 e. The molecule has 0 bridgehead atoms. The first-order valence-corrected chi connectivity index (χ1v) is 6.48. The highest BCUT2D eigenvalue weighted by Crippen LogP contribution is 2.20. The van der Waals surface area contributed by atoms with Gasteiger partial charge in [-0.15, -0.1) is 0 Å². The quantitative estimate of drug-likeness (QED) is 0.770.